The van der Waals surface area contributed by atoms with Crippen LogP contribution in [0.1, 0.15) is 24.0 Å². The molecule has 1 heterocycles. The van der Waals surface area contributed by atoms with Crippen molar-refractivity contribution in [3.05, 3.63) is 96.4 Å². The van der Waals surface area contributed by atoms with E-state index < -0.39 is 0 Å². The van der Waals surface area contributed by atoms with Gasteiger partial charge in [0.15, 0.2) is 0 Å². The largest absolute Gasteiger partial charge is 0.261 e. The zero-order valence-electron chi connectivity index (χ0n) is 16.8. The summed E-state index contributed by atoms with van der Waals surface area (Å²) >= 11 is 0. The molecule has 0 N–H and O–H groups in total. The molecule has 0 unspecified atom stereocenters. The maximum atomic E-state index is 4.55. The molecule has 30 heavy (non-hydrogen) atoms. The summed E-state index contributed by atoms with van der Waals surface area (Å²) in [6.07, 6.45) is 10.3. The summed E-state index contributed by atoms with van der Waals surface area (Å²) in [5.41, 5.74) is 7.59. The van der Waals surface area contributed by atoms with Gasteiger partial charge in [0, 0.05) is 18.0 Å². The van der Waals surface area contributed by atoms with Crippen molar-refractivity contribution in [1.29, 1.82) is 0 Å². The summed E-state index contributed by atoms with van der Waals surface area (Å²) in [5, 5.41) is 5.36. The monoisotopic (exact) mass is 386 g/mol. The predicted octanol–water partition coefficient (Wildman–Crippen LogP) is 7.00. The maximum absolute atomic E-state index is 4.55. The minimum Gasteiger partial charge on any atom is -0.261 e. The van der Waals surface area contributed by atoms with E-state index in [2.05, 4.69) is 76.7 Å². The topological polar surface area (TPSA) is 25.8 Å². The zero-order valence-corrected chi connectivity index (χ0v) is 16.8. The third-order valence-corrected chi connectivity index (χ3v) is 6.39. The number of aryl methyl sites for hydroxylation is 2. The molecular formula is C28H22N2. The molecule has 144 valence electrons. The van der Waals surface area contributed by atoms with Crippen LogP contribution in [0, 0.1) is 0 Å². The number of rotatable bonds is 2. The fourth-order valence-corrected chi connectivity index (χ4v) is 4.98. The van der Waals surface area contributed by atoms with Crippen molar-refractivity contribution >= 4 is 21.5 Å². The highest BCUT2D eigenvalue weighted by Crippen LogP contribution is 2.40. The Morgan fingerprint density at radius 1 is 0.700 bits per heavy atom. The van der Waals surface area contributed by atoms with E-state index in [1.807, 2.05) is 6.20 Å². The van der Waals surface area contributed by atoms with Gasteiger partial charge in [-0.25, -0.2) is 0 Å². The number of nitrogens with zero attached hydrogens (tertiary/aromatic N) is 2. The third-order valence-electron chi connectivity index (χ3n) is 6.39. The van der Waals surface area contributed by atoms with Gasteiger partial charge in [-0.3, -0.25) is 9.97 Å². The van der Waals surface area contributed by atoms with Crippen molar-refractivity contribution in [3.63, 3.8) is 0 Å². The lowest BCUT2D eigenvalue weighted by atomic mass is 9.84. The molecule has 0 spiro atoms. The van der Waals surface area contributed by atoms with Crippen molar-refractivity contribution in [2.24, 2.45) is 0 Å². The van der Waals surface area contributed by atoms with E-state index >= 15 is 0 Å². The fourth-order valence-electron chi connectivity index (χ4n) is 4.98. The SMILES string of the molecule is c1ccc(-c2cc(-c3cnccn3)cc3ccc4c5c(ccc4c23)CCCC5)cc1. The first-order valence-electron chi connectivity index (χ1n) is 10.7. The lowest BCUT2D eigenvalue weighted by Gasteiger charge is -2.20. The minimum absolute atomic E-state index is 0.905. The summed E-state index contributed by atoms with van der Waals surface area (Å²) in [4.78, 5) is 8.83. The number of benzene rings is 4. The molecule has 1 aliphatic carbocycles. The molecule has 0 amide bonds. The Morgan fingerprint density at radius 2 is 1.57 bits per heavy atom. The van der Waals surface area contributed by atoms with E-state index in [1.165, 1.54) is 63.9 Å². The number of hydrogen-bond donors (Lipinski definition) is 0. The van der Waals surface area contributed by atoms with Gasteiger partial charge in [0.2, 0.25) is 0 Å². The Morgan fingerprint density at radius 3 is 2.43 bits per heavy atom. The highest BCUT2D eigenvalue weighted by molar-refractivity contribution is 6.16. The van der Waals surface area contributed by atoms with Gasteiger partial charge in [-0.2, -0.15) is 0 Å². The van der Waals surface area contributed by atoms with E-state index in [0.29, 0.717) is 0 Å². The van der Waals surface area contributed by atoms with Crippen LogP contribution in [0.25, 0.3) is 43.9 Å². The van der Waals surface area contributed by atoms with Crippen molar-refractivity contribution in [2.45, 2.75) is 25.7 Å². The smallest absolute Gasteiger partial charge is 0.0885 e. The van der Waals surface area contributed by atoms with E-state index in [9.17, 15) is 0 Å². The van der Waals surface area contributed by atoms with Gasteiger partial charge in [-0.1, -0.05) is 54.6 Å². The second-order valence-electron chi connectivity index (χ2n) is 8.15. The average molecular weight is 386 g/mol. The Hall–Kier alpha value is -3.52. The molecule has 0 radical (unpaired) electrons. The van der Waals surface area contributed by atoms with Crippen LogP contribution in [0.2, 0.25) is 0 Å². The first-order chi connectivity index (χ1) is 14.9. The molecule has 6 rings (SSSR count). The minimum atomic E-state index is 0.905. The summed E-state index contributed by atoms with van der Waals surface area (Å²) in [7, 11) is 0. The lowest BCUT2D eigenvalue weighted by Crippen LogP contribution is -2.03. The molecule has 0 bridgehead atoms. The Balaban J connectivity index is 1.72. The summed E-state index contributed by atoms with van der Waals surface area (Å²) < 4.78 is 0. The molecule has 4 aromatic carbocycles. The number of hydrogen-bond acceptors (Lipinski definition) is 2. The standard InChI is InChI=1S/C28H22N2/c1-2-6-19(7-3-1)26-17-22(27-18-29-14-15-30-27)16-21-11-12-24-23-9-5-4-8-20(23)10-13-25(24)28(21)26/h1-3,6-7,10-18H,4-5,8-9H2. The van der Waals surface area contributed by atoms with Gasteiger partial charge in [0.1, 0.15) is 0 Å². The van der Waals surface area contributed by atoms with Gasteiger partial charge in [0.05, 0.1) is 11.9 Å². The fraction of sp³-hybridized carbons (Fsp3) is 0.143. The molecule has 2 nitrogen and oxygen atoms in total. The van der Waals surface area contributed by atoms with Gasteiger partial charge in [-0.15, -0.1) is 0 Å². The van der Waals surface area contributed by atoms with Crippen LogP contribution in [0.5, 0.6) is 0 Å². The molecule has 2 heteroatoms. The number of fused-ring (bicyclic) bond motifs is 5. The zero-order chi connectivity index (χ0) is 19.9. The normalized spacial score (nSPS) is 13.5. The lowest BCUT2D eigenvalue weighted by molar-refractivity contribution is 0.690. The molecule has 1 aliphatic rings. The van der Waals surface area contributed by atoms with Crippen molar-refractivity contribution in [3.8, 4) is 22.4 Å². The summed E-state index contributed by atoms with van der Waals surface area (Å²) in [5.74, 6) is 0. The van der Waals surface area contributed by atoms with Crippen LogP contribution in [0.15, 0.2) is 85.3 Å². The van der Waals surface area contributed by atoms with Crippen LogP contribution < -0.4 is 0 Å². The first-order valence-corrected chi connectivity index (χ1v) is 10.7. The molecule has 0 aliphatic heterocycles. The molecule has 0 saturated carbocycles. The van der Waals surface area contributed by atoms with Crippen LogP contribution in [-0.4, -0.2) is 9.97 Å². The molecule has 0 saturated heterocycles. The molecule has 1 aromatic heterocycles. The van der Waals surface area contributed by atoms with E-state index in [0.717, 1.165) is 11.3 Å². The van der Waals surface area contributed by atoms with Crippen LogP contribution in [0.3, 0.4) is 0 Å². The van der Waals surface area contributed by atoms with Crippen molar-refractivity contribution in [2.75, 3.05) is 0 Å². The Labute approximate surface area is 176 Å². The molecule has 5 aromatic rings. The van der Waals surface area contributed by atoms with Crippen LogP contribution >= 0.6 is 0 Å². The maximum Gasteiger partial charge on any atom is 0.0885 e. The second kappa shape index (κ2) is 7.07. The molecule has 0 fully saturated rings. The predicted molar refractivity (Wildman–Crippen MR) is 125 cm³/mol. The molecule has 0 atom stereocenters. The van der Waals surface area contributed by atoms with Gasteiger partial charge in [-0.05, 0) is 81.6 Å². The average Bonchev–Trinajstić information content (AvgIpc) is 2.84. The van der Waals surface area contributed by atoms with Crippen LogP contribution in [0.4, 0.5) is 0 Å². The van der Waals surface area contributed by atoms with Crippen molar-refractivity contribution in [1.82, 2.24) is 9.97 Å². The van der Waals surface area contributed by atoms with E-state index in [-0.39, 0.29) is 0 Å². The Kier molecular flexibility index (Phi) is 4.09. The number of aromatic nitrogens is 2. The van der Waals surface area contributed by atoms with Gasteiger partial charge < -0.3 is 0 Å². The Bertz CT molecular complexity index is 1370. The van der Waals surface area contributed by atoms with Crippen molar-refractivity contribution < 1.29 is 0 Å². The van der Waals surface area contributed by atoms with Gasteiger partial charge >= 0.3 is 0 Å². The second-order valence-corrected chi connectivity index (χ2v) is 8.15. The highest BCUT2D eigenvalue weighted by Gasteiger charge is 2.16. The summed E-state index contributed by atoms with van der Waals surface area (Å²) in [6.45, 7) is 0. The van der Waals surface area contributed by atoms with Crippen LogP contribution in [-0.2, 0) is 12.8 Å². The first kappa shape index (κ1) is 17.3. The van der Waals surface area contributed by atoms with E-state index in [1.54, 1.807) is 18.0 Å². The third kappa shape index (κ3) is 2.80. The van der Waals surface area contributed by atoms with Gasteiger partial charge in [0.25, 0.3) is 0 Å². The quantitative estimate of drug-likeness (QED) is 0.305. The summed E-state index contributed by atoms with van der Waals surface area (Å²) in [6, 6.07) is 24.6. The van der Waals surface area contributed by atoms with E-state index in [4.69, 9.17) is 0 Å². The highest BCUT2D eigenvalue weighted by atomic mass is 14.8. The molecular weight excluding hydrogens is 364 g/mol.